The maximum absolute atomic E-state index is 5.25. The van der Waals surface area contributed by atoms with Crippen LogP contribution in [-0.4, -0.2) is 39.9 Å². The van der Waals surface area contributed by atoms with Crippen molar-refractivity contribution in [2.45, 2.75) is 12.8 Å². The minimum Gasteiger partial charge on any atom is -0.469 e. The van der Waals surface area contributed by atoms with Crippen molar-refractivity contribution in [3.8, 4) is 0 Å². The highest BCUT2D eigenvalue weighted by molar-refractivity contribution is 4.97. The van der Waals surface area contributed by atoms with Crippen LogP contribution >= 0.6 is 0 Å². The quantitative estimate of drug-likeness (QED) is 0.585. The van der Waals surface area contributed by atoms with Crippen LogP contribution in [0.5, 0.6) is 0 Å². The standard InChI is InChI=1S/C12H22N2O2/c1-15-11-9-14-8-7-13-6-2-4-12-5-3-10-16-12/h3,5,10,13-14H,2,4,6-9,11H2,1H3. The Morgan fingerprint density at radius 1 is 1.19 bits per heavy atom. The van der Waals surface area contributed by atoms with Crippen molar-refractivity contribution >= 4 is 0 Å². The molecule has 1 aromatic rings. The van der Waals surface area contributed by atoms with E-state index in [0.717, 1.165) is 51.4 Å². The lowest BCUT2D eigenvalue weighted by atomic mass is 10.2. The zero-order valence-electron chi connectivity index (χ0n) is 10.00. The number of furan rings is 1. The maximum atomic E-state index is 5.25. The van der Waals surface area contributed by atoms with Crippen molar-refractivity contribution in [1.82, 2.24) is 10.6 Å². The molecule has 0 spiro atoms. The number of aryl methyl sites for hydroxylation is 1. The van der Waals surface area contributed by atoms with E-state index in [1.54, 1.807) is 13.4 Å². The summed E-state index contributed by atoms with van der Waals surface area (Å²) in [4.78, 5) is 0. The number of rotatable bonds is 10. The first kappa shape index (κ1) is 13.2. The van der Waals surface area contributed by atoms with Crippen LogP contribution < -0.4 is 10.6 Å². The average Bonchev–Trinajstić information content (AvgIpc) is 2.80. The van der Waals surface area contributed by atoms with Gasteiger partial charge in [0.15, 0.2) is 0 Å². The number of methoxy groups -OCH3 is 1. The largest absolute Gasteiger partial charge is 0.469 e. The summed E-state index contributed by atoms with van der Waals surface area (Å²) in [5.74, 6) is 1.07. The summed E-state index contributed by atoms with van der Waals surface area (Å²) in [5.41, 5.74) is 0. The van der Waals surface area contributed by atoms with Crippen molar-refractivity contribution in [2.24, 2.45) is 0 Å². The molecule has 2 N–H and O–H groups in total. The number of nitrogens with one attached hydrogen (secondary N) is 2. The van der Waals surface area contributed by atoms with Gasteiger partial charge in [-0.05, 0) is 25.1 Å². The Balaban J connectivity index is 1.78. The van der Waals surface area contributed by atoms with Gasteiger partial charge in [0.2, 0.25) is 0 Å². The van der Waals surface area contributed by atoms with Gasteiger partial charge in [0.25, 0.3) is 0 Å². The molecule has 0 unspecified atom stereocenters. The molecule has 0 aromatic carbocycles. The van der Waals surface area contributed by atoms with Crippen LogP contribution in [0.2, 0.25) is 0 Å². The second kappa shape index (κ2) is 9.39. The SMILES string of the molecule is COCCNCCNCCCc1ccco1. The lowest BCUT2D eigenvalue weighted by Gasteiger charge is -2.05. The van der Waals surface area contributed by atoms with Crippen LogP contribution in [0, 0.1) is 0 Å². The molecule has 0 radical (unpaired) electrons. The minimum absolute atomic E-state index is 0.776. The Morgan fingerprint density at radius 3 is 2.69 bits per heavy atom. The molecule has 0 saturated carbocycles. The van der Waals surface area contributed by atoms with Crippen molar-refractivity contribution < 1.29 is 9.15 Å². The summed E-state index contributed by atoms with van der Waals surface area (Å²) in [7, 11) is 1.72. The van der Waals surface area contributed by atoms with Gasteiger partial charge in [-0.25, -0.2) is 0 Å². The van der Waals surface area contributed by atoms with Gasteiger partial charge in [-0.2, -0.15) is 0 Å². The molecule has 0 fully saturated rings. The molecule has 0 aliphatic carbocycles. The fraction of sp³-hybridized carbons (Fsp3) is 0.667. The van der Waals surface area contributed by atoms with E-state index in [1.165, 1.54) is 0 Å². The van der Waals surface area contributed by atoms with Gasteiger partial charge in [0.1, 0.15) is 5.76 Å². The fourth-order valence-corrected chi connectivity index (χ4v) is 1.44. The second-order valence-electron chi connectivity index (χ2n) is 3.68. The molecular weight excluding hydrogens is 204 g/mol. The first-order chi connectivity index (χ1) is 7.93. The van der Waals surface area contributed by atoms with Gasteiger partial charge >= 0.3 is 0 Å². The molecule has 1 aromatic heterocycles. The van der Waals surface area contributed by atoms with Crippen LogP contribution in [0.25, 0.3) is 0 Å². The van der Waals surface area contributed by atoms with E-state index in [0.29, 0.717) is 0 Å². The fourth-order valence-electron chi connectivity index (χ4n) is 1.44. The first-order valence-electron chi connectivity index (χ1n) is 5.86. The Hall–Kier alpha value is -0.840. The highest BCUT2D eigenvalue weighted by Gasteiger charge is 1.94. The van der Waals surface area contributed by atoms with Gasteiger partial charge in [-0.15, -0.1) is 0 Å². The summed E-state index contributed by atoms with van der Waals surface area (Å²) in [5, 5.41) is 6.66. The molecule has 0 amide bonds. The predicted molar refractivity (Wildman–Crippen MR) is 64.6 cm³/mol. The third-order valence-electron chi connectivity index (χ3n) is 2.32. The Morgan fingerprint density at radius 2 is 2.00 bits per heavy atom. The topological polar surface area (TPSA) is 46.4 Å². The van der Waals surface area contributed by atoms with Crippen LogP contribution in [0.15, 0.2) is 22.8 Å². The molecule has 92 valence electrons. The highest BCUT2D eigenvalue weighted by Crippen LogP contribution is 2.02. The lowest BCUT2D eigenvalue weighted by Crippen LogP contribution is -2.30. The van der Waals surface area contributed by atoms with Gasteiger partial charge in [-0.1, -0.05) is 0 Å². The van der Waals surface area contributed by atoms with E-state index >= 15 is 0 Å². The third kappa shape index (κ3) is 6.61. The molecule has 16 heavy (non-hydrogen) atoms. The summed E-state index contributed by atoms with van der Waals surface area (Å²) >= 11 is 0. The number of hydrogen-bond acceptors (Lipinski definition) is 4. The summed E-state index contributed by atoms with van der Waals surface area (Å²) < 4.78 is 10.2. The highest BCUT2D eigenvalue weighted by atomic mass is 16.5. The van der Waals surface area contributed by atoms with E-state index in [2.05, 4.69) is 10.6 Å². The molecule has 0 bridgehead atoms. The first-order valence-corrected chi connectivity index (χ1v) is 5.86. The lowest BCUT2D eigenvalue weighted by molar-refractivity contribution is 0.199. The van der Waals surface area contributed by atoms with Crippen molar-refractivity contribution in [3.05, 3.63) is 24.2 Å². The Kier molecular flexibility index (Phi) is 7.76. The molecule has 1 rings (SSSR count). The Bertz CT molecular complexity index is 237. The summed E-state index contributed by atoms with van der Waals surface area (Å²) in [6, 6.07) is 3.95. The molecule has 0 saturated heterocycles. The van der Waals surface area contributed by atoms with Crippen LogP contribution in [0.1, 0.15) is 12.2 Å². The van der Waals surface area contributed by atoms with Crippen molar-refractivity contribution in [3.63, 3.8) is 0 Å². The zero-order valence-corrected chi connectivity index (χ0v) is 10.00. The van der Waals surface area contributed by atoms with Crippen molar-refractivity contribution in [2.75, 3.05) is 39.9 Å². The normalized spacial score (nSPS) is 10.8. The van der Waals surface area contributed by atoms with Crippen LogP contribution in [0.4, 0.5) is 0 Å². The molecular formula is C12H22N2O2. The van der Waals surface area contributed by atoms with Crippen LogP contribution in [-0.2, 0) is 11.2 Å². The van der Waals surface area contributed by atoms with Gasteiger partial charge in [0.05, 0.1) is 12.9 Å². The molecule has 4 nitrogen and oxygen atoms in total. The van der Waals surface area contributed by atoms with Crippen LogP contribution in [0.3, 0.4) is 0 Å². The monoisotopic (exact) mass is 226 g/mol. The van der Waals surface area contributed by atoms with Gasteiger partial charge < -0.3 is 19.8 Å². The predicted octanol–water partition coefficient (Wildman–Crippen LogP) is 1.04. The van der Waals surface area contributed by atoms with Crippen molar-refractivity contribution in [1.29, 1.82) is 0 Å². The third-order valence-corrected chi connectivity index (χ3v) is 2.32. The second-order valence-corrected chi connectivity index (χ2v) is 3.68. The number of hydrogen-bond donors (Lipinski definition) is 2. The van der Waals surface area contributed by atoms with E-state index in [1.807, 2.05) is 12.1 Å². The smallest absolute Gasteiger partial charge is 0.103 e. The molecule has 1 heterocycles. The van der Waals surface area contributed by atoms with Gasteiger partial charge in [-0.3, -0.25) is 0 Å². The molecule has 4 heteroatoms. The zero-order chi connectivity index (χ0) is 11.5. The number of ether oxygens (including phenoxy) is 1. The minimum atomic E-state index is 0.776. The average molecular weight is 226 g/mol. The summed E-state index contributed by atoms with van der Waals surface area (Å²) in [6.07, 6.45) is 3.85. The van der Waals surface area contributed by atoms with E-state index in [-0.39, 0.29) is 0 Å². The van der Waals surface area contributed by atoms with Gasteiger partial charge in [0, 0.05) is 33.2 Å². The summed E-state index contributed by atoms with van der Waals surface area (Å²) in [6.45, 7) is 4.72. The maximum Gasteiger partial charge on any atom is 0.103 e. The van der Waals surface area contributed by atoms with E-state index in [9.17, 15) is 0 Å². The molecule has 0 aliphatic heterocycles. The molecule has 0 atom stereocenters. The molecule has 0 aliphatic rings. The Labute approximate surface area is 97.4 Å². The van der Waals surface area contributed by atoms with E-state index in [4.69, 9.17) is 9.15 Å². The van der Waals surface area contributed by atoms with E-state index < -0.39 is 0 Å².